The van der Waals surface area contributed by atoms with Crippen molar-refractivity contribution in [3.05, 3.63) is 75.8 Å². The van der Waals surface area contributed by atoms with Crippen LogP contribution in [0.3, 0.4) is 0 Å². The van der Waals surface area contributed by atoms with E-state index in [1.807, 2.05) is 41.9 Å². The zero-order valence-corrected chi connectivity index (χ0v) is 21.8. The number of rotatable bonds is 7. The highest BCUT2D eigenvalue weighted by Gasteiger charge is 2.34. The summed E-state index contributed by atoms with van der Waals surface area (Å²) in [4.78, 5) is 21.3. The summed E-state index contributed by atoms with van der Waals surface area (Å²) in [6.07, 6.45) is 2.11. The standard InChI is InChI=1S/C28H33N7O3/c1-19-9-10-20-17-22(28(36)29-23(20)16-19)26(27-30-31-32-35(27)18-21-6-5-15-38-21)34-13-11-33(12-14-34)24-7-3-4-8-25(24)37-2/h3-4,7-10,16-17,21,26H,5-6,11-15,18H2,1-2H3,(H,29,36)/t21-,26-/m1/s1. The van der Waals surface area contributed by atoms with Crippen molar-refractivity contribution in [2.75, 3.05) is 44.8 Å². The fourth-order valence-electron chi connectivity index (χ4n) is 5.66. The quantitative estimate of drug-likeness (QED) is 0.401. The van der Waals surface area contributed by atoms with Crippen LogP contribution in [-0.4, -0.2) is 76.1 Å². The number of pyridine rings is 1. The molecule has 6 rings (SSSR count). The molecule has 2 aromatic heterocycles. The number of aromatic nitrogens is 5. The molecule has 2 atom stereocenters. The maximum absolute atomic E-state index is 13.5. The molecule has 2 fully saturated rings. The zero-order chi connectivity index (χ0) is 26.1. The number of aryl methyl sites for hydroxylation is 1. The number of ether oxygens (including phenoxy) is 2. The van der Waals surface area contributed by atoms with Crippen LogP contribution in [0.25, 0.3) is 10.9 Å². The number of methoxy groups -OCH3 is 1. The lowest BCUT2D eigenvalue weighted by Crippen LogP contribution is -2.49. The molecule has 4 aromatic rings. The number of benzene rings is 2. The van der Waals surface area contributed by atoms with E-state index in [0.29, 0.717) is 17.9 Å². The van der Waals surface area contributed by atoms with Crippen LogP contribution in [0.15, 0.2) is 53.3 Å². The van der Waals surface area contributed by atoms with E-state index < -0.39 is 0 Å². The minimum Gasteiger partial charge on any atom is -0.495 e. The second kappa shape index (κ2) is 10.5. The molecule has 0 unspecified atom stereocenters. The van der Waals surface area contributed by atoms with Crippen LogP contribution >= 0.6 is 0 Å². The van der Waals surface area contributed by atoms with Gasteiger partial charge in [-0.2, -0.15) is 0 Å². The third-order valence-corrected chi connectivity index (χ3v) is 7.63. The maximum Gasteiger partial charge on any atom is 0.253 e. The van der Waals surface area contributed by atoms with Gasteiger partial charge in [-0.25, -0.2) is 4.68 Å². The van der Waals surface area contributed by atoms with E-state index in [4.69, 9.17) is 9.47 Å². The number of fused-ring (bicyclic) bond motifs is 1. The van der Waals surface area contributed by atoms with Crippen LogP contribution < -0.4 is 15.2 Å². The molecule has 38 heavy (non-hydrogen) atoms. The molecule has 0 aliphatic carbocycles. The van der Waals surface area contributed by atoms with Crippen molar-refractivity contribution in [1.82, 2.24) is 30.1 Å². The smallest absolute Gasteiger partial charge is 0.253 e. The second-order valence-corrected chi connectivity index (χ2v) is 10.1. The summed E-state index contributed by atoms with van der Waals surface area (Å²) < 4.78 is 13.3. The molecule has 10 heteroatoms. The van der Waals surface area contributed by atoms with Crippen molar-refractivity contribution < 1.29 is 9.47 Å². The van der Waals surface area contributed by atoms with Gasteiger partial charge in [-0.3, -0.25) is 9.69 Å². The van der Waals surface area contributed by atoms with Crippen LogP contribution in [0.1, 0.15) is 35.8 Å². The first-order valence-electron chi connectivity index (χ1n) is 13.2. The Bertz CT molecular complexity index is 1470. The van der Waals surface area contributed by atoms with Gasteiger partial charge in [0.2, 0.25) is 0 Å². The lowest BCUT2D eigenvalue weighted by Gasteiger charge is -2.40. The Morgan fingerprint density at radius 2 is 1.97 bits per heavy atom. The van der Waals surface area contributed by atoms with E-state index in [9.17, 15) is 4.79 Å². The van der Waals surface area contributed by atoms with Crippen molar-refractivity contribution in [2.24, 2.45) is 0 Å². The van der Waals surface area contributed by atoms with Crippen molar-refractivity contribution in [2.45, 2.75) is 38.5 Å². The number of piperazine rings is 1. The first-order chi connectivity index (χ1) is 18.6. The van der Waals surface area contributed by atoms with Crippen molar-refractivity contribution in [3.8, 4) is 5.75 Å². The van der Waals surface area contributed by atoms with Gasteiger partial charge < -0.3 is 19.4 Å². The lowest BCUT2D eigenvalue weighted by molar-refractivity contribution is 0.0906. The fraction of sp³-hybridized carbons (Fsp3) is 0.429. The van der Waals surface area contributed by atoms with Crippen LogP contribution in [0.5, 0.6) is 5.75 Å². The molecule has 0 bridgehead atoms. The molecule has 2 aliphatic heterocycles. The van der Waals surface area contributed by atoms with E-state index in [2.05, 4.69) is 48.5 Å². The predicted molar refractivity (Wildman–Crippen MR) is 145 cm³/mol. The third kappa shape index (κ3) is 4.77. The van der Waals surface area contributed by atoms with E-state index in [-0.39, 0.29) is 17.7 Å². The molecular formula is C28H33N7O3. The first-order valence-corrected chi connectivity index (χ1v) is 13.2. The zero-order valence-electron chi connectivity index (χ0n) is 21.8. The van der Waals surface area contributed by atoms with E-state index in [0.717, 1.165) is 73.5 Å². The Hall–Kier alpha value is -3.76. The number of anilines is 1. The molecule has 2 saturated heterocycles. The molecule has 10 nitrogen and oxygen atoms in total. The number of nitrogens with one attached hydrogen (secondary N) is 1. The fourth-order valence-corrected chi connectivity index (χ4v) is 5.66. The number of H-pyrrole nitrogens is 1. The van der Waals surface area contributed by atoms with Gasteiger partial charge in [0.25, 0.3) is 5.56 Å². The van der Waals surface area contributed by atoms with E-state index >= 15 is 0 Å². The Labute approximate surface area is 221 Å². The highest BCUT2D eigenvalue weighted by molar-refractivity contribution is 5.79. The number of aromatic amines is 1. The van der Waals surface area contributed by atoms with Gasteiger partial charge in [-0.1, -0.05) is 24.3 Å². The topological polar surface area (TPSA) is 101 Å². The van der Waals surface area contributed by atoms with Gasteiger partial charge in [-0.05, 0) is 65.4 Å². The molecule has 2 aromatic carbocycles. The average molecular weight is 516 g/mol. The Morgan fingerprint density at radius 3 is 2.76 bits per heavy atom. The summed E-state index contributed by atoms with van der Waals surface area (Å²) in [6, 6.07) is 15.8. The van der Waals surface area contributed by atoms with Gasteiger partial charge in [0.1, 0.15) is 11.8 Å². The molecule has 4 heterocycles. The number of para-hydroxylation sites is 2. The first kappa shape index (κ1) is 24.6. The monoisotopic (exact) mass is 515 g/mol. The summed E-state index contributed by atoms with van der Waals surface area (Å²) in [5, 5.41) is 13.8. The van der Waals surface area contributed by atoms with Gasteiger partial charge >= 0.3 is 0 Å². The molecule has 1 N–H and O–H groups in total. The molecule has 0 amide bonds. The van der Waals surface area contributed by atoms with Crippen LogP contribution in [0, 0.1) is 6.92 Å². The third-order valence-electron chi connectivity index (χ3n) is 7.63. The number of nitrogens with zero attached hydrogens (tertiary/aromatic N) is 6. The average Bonchev–Trinajstić information content (AvgIpc) is 3.62. The molecule has 0 spiro atoms. The summed E-state index contributed by atoms with van der Waals surface area (Å²) in [5.41, 5.74) is 3.54. The minimum atomic E-state index is -0.388. The number of tetrazole rings is 1. The van der Waals surface area contributed by atoms with Crippen molar-refractivity contribution in [3.63, 3.8) is 0 Å². The van der Waals surface area contributed by atoms with Crippen LogP contribution in [0.4, 0.5) is 5.69 Å². The summed E-state index contributed by atoms with van der Waals surface area (Å²) in [7, 11) is 1.70. The number of hydrogen-bond acceptors (Lipinski definition) is 8. The van der Waals surface area contributed by atoms with E-state index in [1.165, 1.54) is 0 Å². The predicted octanol–water partition coefficient (Wildman–Crippen LogP) is 2.92. The lowest BCUT2D eigenvalue weighted by atomic mass is 10.0. The normalized spacial score (nSPS) is 19.2. The molecule has 0 radical (unpaired) electrons. The summed E-state index contributed by atoms with van der Waals surface area (Å²) >= 11 is 0. The van der Waals surface area contributed by atoms with Gasteiger partial charge in [-0.15, -0.1) is 5.10 Å². The second-order valence-electron chi connectivity index (χ2n) is 10.1. The molecule has 0 saturated carbocycles. The van der Waals surface area contributed by atoms with Gasteiger partial charge in [0.05, 0.1) is 25.4 Å². The Balaban J connectivity index is 1.36. The minimum absolute atomic E-state index is 0.0816. The molecule has 198 valence electrons. The van der Waals surface area contributed by atoms with E-state index in [1.54, 1.807) is 7.11 Å². The summed E-state index contributed by atoms with van der Waals surface area (Å²) in [6.45, 7) is 6.41. The molecular weight excluding hydrogens is 482 g/mol. The highest BCUT2D eigenvalue weighted by atomic mass is 16.5. The highest BCUT2D eigenvalue weighted by Crippen LogP contribution is 2.32. The van der Waals surface area contributed by atoms with Crippen LogP contribution in [-0.2, 0) is 11.3 Å². The Morgan fingerprint density at radius 1 is 1.13 bits per heavy atom. The number of hydrogen-bond donors (Lipinski definition) is 1. The molecule has 2 aliphatic rings. The Kier molecular flexibility index (Phi) is 6.82. The van der Waals surface area contributed by atoms with Crippen molar-refractivity contribution in [1.29, 1.82) is 0 Å². The van der Waals surface area contributed by atoms with Gasteiger partial charge in [0, 0.05) is 43.9 Å². The summed E-state index contributed by atoms with van der Waals surface area (Å²) in [5.74, 6) is 1.53. The van der Waals surface area contributed by atoms with Gasteiger partial charge in [0.15, 0.2) is 5.82 Å². The maximum atomic E-state index is 13.5. The SMILES string of the molecule is COc1ccccc1N1CCN([C@H](c2cc3ccc(C)cc3[nH]c2=O)c2nnnn2C[C@H]2CCCO2)CC1. The largest absolute Gasteiger partial charge is 0.495 e. The van der Waals surface area contributed by atoms with Crippen LogP contribution in [0.2, 0.25) is 0 Å². The van der Waals surface area contributed by atoms with Crippen molar-refractivity contribution >= 4 is 16.6 Å².